The Morgan fingerprint density at radius 3 is 2.69 bits per heavy atom. The summed E-state index contributed by atoms with van der Waals surface area (Å²) in [6.45, 7) is 0.592. The van der Waals surface area contributed by atoms with Crippen molar-refractivity contribution in [2.24, 2.45) is 0 Å². The molecule has 4 nitrogen and oxygen atoms in total. The number of fused-ring (bicyclic) bond motifs is 3. The van der Waals surface area contributed by atoms with E-state index >= 15 is 0 Å². The fraction of sp³-hybridized carbons (Fsp3) is 1.00. The van der Waals surface area contributed by atoms with Gasteiger partial charge in [-0.15, -0.1) is 0 Å². The first-order valence-electron chi connectivity index (χ1n) is 4.79. The lowest BCUT2D eigenvalue weighted by molar-refractivity contribution is 0.0963. The minimum absolute atomic E-state index is 0.0301. The van der Waals surface area contributed by atoms with Crippen LogP contribution < -0.4 is 4.72 Å². The van der Waals surface area contributed by atoms with Gasteiger partial charge in [0.15, 0.2) is 0 Å². The lowest BCUT2D eigenvalue weighted by Gasteiger charge is -2.28. The summed E-state index contributed by atoms with van der Waals surface area (Å²) in [5.74, 6) is 0. The number of rotatable bonds is 0. The summed E-state index contributed by atoms with van der Waals surface area (Å²) in [6.07, 6.45) is 3.59. The van der Waals surface area contributed by atoms with Crippen LogP contribution in [0.1, 0.15) is 25.7 Å². The van der Waals surface area contributed by atoms with E-state index in [-0.39, 0.29) is 12.2 Å². The molecule has 3 fully saturated rings. The Labute approximate surface area is 77.7 Å². The van der Waals surface area contributed by atoms with Crippen LogP contribution in [0, 0.1) is 0 Å². The van der Waals surface area contributed by atoms with Crippen molar-refractivity contribution in [1.29, 1.82) is 0 Å². The number of hydrogen-bond donors (Lipinski definition) is 1. The van der Waals surface area contributed by atoms with Gasteiger partial charge in [0.1, 0.15) is 4.75 Å². The second-order valence-electron chi connectivity index (χ2n) is 4.24. The van der Waals surface area contributed by atoms with Gasteiger partial charge in [-0.2, -0.15) is 0 Å². The SMILES string of the molecule is O=S1(=O)NCCC12CC1CCC2O1. The fourth-order valence-electron chi connectivity index (χ4n) is 2.98. The van der Waals surface area contributed by atoms with Crippen LogP contribution in [0.15, 0.2) is 0 Å². The summed E-state index contributed by atoms with van der Waals surface area (Å²) in [7, 11) is -3.09. The van der Waals surface area contributed by atoms with Crippen LogP contribution >= 0.6 is 0 Å². The second kappa shape index (κ2) is 2.27. The zero-order valence-electron chi connectivity index (χ0n) is 7.32. The van der Waals surface area contributed by atoms with Crippen LogP contribution in [-0.2, 0) is 14.8 Å². The molecule has 3 heterocycles. The minimum atomic E-state index is -3.09. The summed E-state index contributed by atoms with van der Waals surface area (Å²) in [5.41, 5.74) is 0. The van der Waals surface area contributed by atoms with Crippen LogP contribution in [0.25, 0.3) is 0 Å². The van der Waals surface area contributed by atoms with E-state index in [1.54, 1.807) is 0 Å². The summed E-state index contributed by atoms with van der Waals surface area (Å²) in [6, 6.07) is 0. The highest BCUT2D eigenvalue weighted by atomic mass is 32.2. The summed E-state index contributed by atoms with van der Waals surface area (Å²) in [5, 5.41) is 0. The molecule has 0 radical (unpaired) electrons. The molecule has 1 N–H and O–H groups in total. The molecular weight excluding hydrogens is 190 g/mol. The summed E-state index contributed by atoms with van der Waals surface area (Å²) in [4.78, 5) is 0. The van der Waals surface area contributed by atoms with E-state index in [9.17, 15) is 8.42 Å². The van der Waals surface area contributed by atoms with Crippen LogP contribution in [0.4, 0.5) is 0 Å². The standard InChI is InChI=1S/C8H13NO3S/c10-13(11)8(3-4-9-13)5-6-1-2-7(8)12-6/h6-7,9H,1-5H2. The maximum Gasteiger partial charge on any atom is 0.220 e. The van der Waals surface area contributed by atoms with Crippen LogP contribution in [0.3, 0.4) is 0 Å². The van der Waals surface area contributed by atoms with Gasteiger partial charge in [-0.25, -0.2) is 13.1 Å². The number of nitrogens with one attached hydrogen (secondary N) is 1. The third kappa shape index (κ3) is 0.851. The van der Waals surface area contributed by atoms with Crippen molar-refractivity contribution in [2.45, 2.75) is 42.6 Å². The van der Waals surface area contributed by atoms with Crippen LogP contribution in [0.2, 0.25) is 0 Å². The first-order chi connectivity index (χ1) is 6.14. The molecule has 0 amide bonds. The van der Waals surface area contributed by atoms with Crippen molar-refractivity contribution in [3.05, 3.63) is 0 Å². The van der Waals surface area contributed by atoms with Gasteiger partial charge in [0.25, 0.3) is 0 Å². The summed E-state index contributed by atoms with van der Waals surface area (Å²) >= 11 is 0. The lowest BCUT2D eigenvalue weighted by Crippen LogP contribution is -2.45. The van der Waals surface area contributed by atoms with Gasteiger partial charge in [-0.3, -0.25) is 0 Å². The van der Waals surface area contributed by atoms with Gasteiger partial charge in [-0.1, -0.05) is 0 Å². The number of hydrogen-bond acceptors (Lipinski definition) is 3. The van der Waals surface area contributed by atoms with Crippen molar-refractivity contribution in [3.63, 3.8) is 0 Å². The molecule has 0 aliphatic carbocycles. The van der Waals surface area contributed by atoms with E-state index < -0.39 is 14.8 Å². The molecule has 13 heavy (non-hydrogen) atoms. The molecule has 3 rings (SSSR count). The third-order valence-corrected chi connectivity index (χ3v) is 5.93. The minimum Gasteiger partial charge on any atom is -0.373 e. The highest BCUT2D eigenvalue weighted by molar-refractivity contribution is 7.91. The van der Waals surface area contributed by atoms with Crippen molar-refractivity contribution in [2.75, 3.05) is 6.54 Å². The average Bonchev–Trinajstić information content (AvgIpc) is 2.68. The number of ether oxygens (including phenoxy) is 1. The van der Waals surface area contributed by atoms with Crippen LogP contribution in [0.5, 0.6) is 0 Å². The topological polar surface area (TPSA) is 55.4 Å². The van der Waals surface area contributed by atoms with Gasteiger partial charge in [-0.05, 0) is 25.7 Å². The van der Waals surface area contributed by atoms with Gasteiger partial charge >= 0.3 is 0 Å². The zero-order chi connectivity index (χ0) is 9.10. The van der Waals surface area contributed by atoms with Gasteiger partial charge < -0.3 is 4.74 Å². The molecule has 3 atom stereocenters. The molecule has 3 aliphatic heterocycles. The Morgan fingerprint density at radius 1 is 1.38 bits per heavy atom. The molecule has 3 saturated heterocycles. The summed E-state index contributed by atoms with van der Waals surface area (Å²) < 4.78 is 31.2. The van der Waals surface area contributed by atoms with Crippen LogP contribution in [-0.4, -0.2) is 31.9 Å². The molecule has 0 aromatic carbocycles. The van der Waals surface area contributed by atoms with E-state index in [2.05, 4.69) is 4.72 Å². The van der Waals surface area contributed by atoms with E-state index in [0.29, 0.717) is 13.0 Å². The Morgan fingerprint density at radius 2 is 2.23 bits per heavy atom. The maximum absolute atomic E-state index is 11.8. The predicted molar refractivity (Wildman–Crippen MR) is 46.8 cm³/mol. The van der Waals surface area contributed by atoms with Crippen molar-refractivity contribution in [3.8, 4) is 0 Å². The largest absolute Gasteiger partial charge is 0.373 e. The molecule has 1 spiro atoms. The zero-order valence-corrected chi connectivity index (χ0v) is 8.14. The van der Waals surface area contributed by atoms with Gasteiger partial charge in [0.2, 0.25) is 10.0 Å². The first-order valence-corrected chi connectivity index (χ1v) is 6.27. The second-order valence-corrected chi connectivity index (χ2v) is 6.35. The molecule has 2 bridgehead atoms. The quantitative estimate of drug-likeness (QED) is 0.603. The first kappa shape index (κ1) is 8.20. The molecular formula is C8H13NO3S. The Hall–Kier alpha value is -0.130. The average molecular weight is 203 g/mol. The van der Waals surface area contributed by atoms with E-state index in [1.165, 1.54) is 0 Å². The van der Waals surface area contributed by atoms with Gasteiger partial charge in [0, 0.05) is 6.54 Å². The molecule has 5 heteroatoms. The predicted octanol–water partition coefficient (Wildman–Crippen LogP) is -0.000400. The molecule has 0 aromatic heterocycles. The molecule has 0 aromatic rings. The molecule has 74 valence electrons. The van der Waals surface area contributed by atoms with Crippen molar-refractivity contribution >= 4 is 10.0 Å². The van der Waals surface area contributed by atoms with Gasteiger partial charge in [0.05, 0.1) is 12.2 Å². The molecule has 3 unspecified atom stereocenters. The third-order valence-electron chi connectivity index (χ3n) is 3.64. The Balaban J connectivity index is 2.07. The highest BCUT2D eigenvalue weighted by Crippen LogP contribution is 2.49. The monoisotopic (exact) mass is 203 g/mol. The maximum atomic E-state index is 11.8. The Bertz CT molecular complexity index is 339. The van der Waals surface area contributed by atoms with E-state index in [1.807, 2.05) is 0 Å². The van der Waals surface area contributed by atoms with E-state index in [0.717, 1.165) is 19.3 Å². The highest BCUT2D eigenvalue weighted by Gasteiger charge is 2.61. The fourth-order valence-corrected chi connectivity index (χ4v) is 4.93. The molecule has 0 saturated carbocycles. The smallest absolute Gasteiger partial charge is 0.220 e. The molecule has 3 aliphatic rings. The van der Waals surface area contributed by atoms with Crippen molar-refractivity contribution in [1.82, 2.24) is 4.72 Å². The van der Waals surface area contributed by atoms with E-state index in [4.69, 9.17) is 4.74 Å². The lowest BCUT2D eigenvalue weighted by atomic mass is 9.86. The number of sulfonamides is 1. The Kier molecular flexibility index (Phi) is 1.43. The normalized spacial score (nSPS) is 52.0. The van der Waals surface area contributed by atoms with Crippen molar-refractivity contribution < 1.29 is 13.2 Å².